The van der Waals surface area contributed by atoms with E-state index < -0.39 is 35.2 Å². The van der Waals surface area contributed by atoms with Crippen LogP contribution in [-0.4, -0.2) is 101 Å². The predicted octanol–water partition coefficient (Wildman–Crippen LogP) is 17.8. The molecule has 0 unspecified atom stereocenters. The Morgan fingerprint density at radius 1 is 0.417 bits per heavy atom. The van der Waals surface area contributed by atoms with Crippen molar-refractivity contribution < 1.29 is 58.5 Å². The third kappa shape index (κ3) is 19.1. The first-order valence-corrected chi connectivity index (χ1v) is 32.4. The van der Waals surface area contributed by atoms with Crippen molar-refractivity contribution >= 4 is 67.2 Å². The van der Waals surface area contributed by atoms with Crippen molar-refractivity contribution in [2.24, 2.45) is 5.92 Å². The molecule has 7 aromatic heterocycles. The molecule has 0 amide bonds. The number of morpholine rings is 1. The fraction of sp³-hybridized carbons (Fsp3) is 0.184. The van der Waals surface area contributed by atoms with Crippen molar-refractivity contribution in [3.63, 3.8) is 0 Å². The Kier molecular flexibility index (Phi) is 21.1. The number of pyridine rings is 4. The molecule has 1 aliphatic carbocycles. The van der Waals surface area contributed by atoms with Crippen LogP contribution in [0.2, 0.25) is 0 Å². The van der Waals surface area contributed by atoms with Gasteiger partial charge >= 0.3 is 36.6 Å². The summed E-state index contributed by atoms with van der Waals surface area (Å²) in [7, 11) is 0. The number of nitrogens with zero attached hydrogens (tertiary/aromatic N) is 11. The van der Waals surface area contributed by atoms with Crippen LogP contribution in [0.1, 0.15) is 35.1 Å². The van der Waals surface area contributed by atoms with Gasteiger partial charge in [-0.2, -0.15) is 69.4 Å². The lowest BCUT2D eigenvalue weighted by Crippen LogP contribution is -2.38. The van der Waals surface area contributed by atoms with E-state index >= 15 is 0 Å². The molecule has 0 bridgehead atoms. The molecule has 1 saturated heterocycles. The smallest absolute Gasteiger partial charge is 0.416 e. The van der Waals surface area contributed by atoms with E-state index in [9.17, 15) is 39.5 Å². The van der Waals surface area contributed by atoms with Crippen LogP contribution >= 0.6 is 0 Å². The molecule has 103 heavy (non-hydrogen) atoms. The van der Waals surface area contributed by atoms with E-state index in [0.29, 0.717) is 90.5 Å². The van der Waals surface area contributed by atoms with Crippen LogP contribution in [-0.2, 0) is 29.9 Å². The Labute approximate surface area is 583 Å². The van der Waals surface area contributed by atoms with E-state index in [-0.39, 0.29) is 24.6 Å². The number of benzene rings is 6. The van der Waals surface area contributed by atoms with Crippen LogP contribution < -0.4 is 30.2 Å². The summed E-state index contributed by atoms with van der Waals surface area (Å²) < 4.78 is 139. The fourth-order valence-corrected chi connectivity index (χ4v) is 10.7. The maximum Gasteiger partial charge on any atom is 0.416 e. The second-order valence-electron chi connectivity index (χ2n) is 23.8. The van der Waals surface area contributed by atoms with Gasteiger partial charge in [0.2, 0.25) is 0 Å². The summed E-state index contributed by atoms with van der Waals surface area (Å²) in [5, 5.41) is 12.2. The largest absolute Gasteiger partial charge is 0.463 e. The first-order valence-electron chi connectivity index (χ1n) is 32.4. The number of nitrogens with one attached hydrogen (secondary N) is 3. The van der Waals surface area contributed by atoms with Crippen molar-refractivity contribution in [3.8, 4) is 51.8 Å². The van der Waals surface area contributed by atoms with E-state index in [2.05, 4.69) is 70.7 Å². The SMILES string of the molecule is FC(F)(F)c1ccc(Nc2cc(-c3ccc4cccnc4c3)nc(OCC3CC3)n2)cc1.FC(F)(F)c1ccc(Nc2cc(-c3ccc4cccnc4c3)nc(OCCN3CCOCC3)n2)cc1.FC(F)(F)c1ccc(Nc2cc(-c3ccc4cccnc4c3)nc(OCc3cccnc3)n2)cc1. The molecule has 1 saturated carbocycles. The summed E-state index contributed by atoms with van der Waals surface area (Å²) >= 11 is 0. The summed E-state index contributed by atoms with van der Waals surface area (Å²) in [4.78, 5) is 46.4. The van der Waals surface area contributed by atoms with Crippen molar-refractivity contribution in [1.29, 1.82) is 0 Å². The molecule has 522 valence electrons. The first kappa shape index (κ1) is 69.5. The molecule has 13 aromatic rings. The number of hydrogen-bond acceptors (Lipinski definition) is 18. The average Bonchev–Trinajstić information content (AvgIpc) is 1.12. The van der Waals surface area contributed by atoms with Gasteiger partial charge in [0.1, 0.15) is 30.7 Å². The molecule has 3 N–H and O–H groups in total. The average molecular weight is 1410 g/mol. The molecule has 1 aliphatic heterocycles. The highest BCUT2D eigenvalue weighted by Crippen LogP contribution is 2.37. The predicted molar refractivity (Wildman–Crippen MR) is 372 cm³/mol. The van der Waals surface area contributed by atoms with Crippen LogP contribution in [0, 0.1) is 5.92 Å². The Morgan fingerprint density at radius 3 is 1.18 bits per heavy atom. The topological polar surface area (TPSA) is 205 Å². The second-order valence-corrected chi connectivity index (χ2v) is 23.8. The summed E-state index contributed by atoms with van der Waals surface area (Å²) in [5.74, 6) is 1.74. The summed E-state index contributed by atoms with van der Waals surface area (Å²) in [5.41, 5.74) is 6.80. The van der Waals surface area contributed by atoms with E-state index in [0.717, 1.165) is 117 Å². The van der Waals surface area contributed by atoms with E-state index in [1.54, 1.807) is 55.2 Å². The molecule has 0 spiro atoms. The standard InChI is InChI=1S/C26H24F3N5O2.C26H18F3N5O.C24H19F3N4O/c27-26(28,29)20-5-7-21(8-6-20)31-24-17-23(19-4-3-18-2-1-9-30-22(18)16-19)32-25(33-24)36-15-12-34-10-13-35-14-11-34;27-26(28,29)20-7-9-21(10-8-20)32-24-14-23(19-6-5-18-4-2-12-31-22(18)13-19)33-25(34-24)35-16-17-3-1-11-30-15-17;25-24(26,27)18-7-9-19(10-8-18)29-22-13-21(30-23(31-22)32-14-15-3-4-15)17-6-5-16-2-1-11-28-20(16)12-17/h1-9,16-17H,10-15H2,(H,31,32,33);1-15H,16H2,(H,32,33,34);1-2,5-13,15H,3-4,14H2,(H,29,30,31). The molecular formula is C76H61F9N14O4. The zero-order valence-corrected chi connectivity index (χ0v) is 54.5. The van der Waals surface area contributed by atoms with Crippen LogP contribution in [0.15, 0.2) is 225 Å². The normalized spacial score (nSPS) is 13.3. The van der Waals surface area contributed by atoms with Gasteiger partial charge < -0.3 is 34.9 Å². The minimum atomic E-state index is -4.40. The lowest BCUT2D eigenvalue weighted by atomic mass is 10.1. The van der Waals surface area contributed by atoms with Gasteiger partial charge in [-0.25, -0.2) is 0 Å². The number of halogens is 9. The third-order valence-corrected chi connectivity index (χ3v) is 16.3. The van der Waals surface area contributed by atoms with Crippen LogP contribution in [0.4, 0.5) is 74.0 Å². The van der Waals surface area contributed by atoms with Crippen LogP contribution in [0.25, 0.3) is 66.5 Å². The van der Waals surface area contributed by atoms with Gasteiger partial charge in [0.25, 0.3) is 0 Å². The van der Waals surface area contributed by atoms with Gasteiger partial charge in [-0.05, 0) is 134 Å². The van der Waals surface area contributed by atoms with Gasteiger partial charge in [-0.1, -0.05) is 60.7 Å². The first-order chi connectivity index (χ1) is 49.8. The molecule has 2 aliphatic rings. The summed E-state index contributed by atoms with van der Waals surface area (Å²) in [6.07, 6.45) is -2.40. The number of ether oxygens (including phenoxy) is 4. The Morgan fingerprint density at radius 2 is 0.806 bits per heavy atom. The highest BCUT2D eigenvalue weighted by atomic mass is 19.4. The van der Waals surface area contributed by atoms with Crippen LogP contribution in [0.5, 0.6) is 18.0 Å². The molecule has 8 heterocycles. The Balaban J connectivity index is 0.000000138. The lowest BCUT2D eigenvalue weighted by molar-refractivity contribution is -0.138. The minimum Gasteiger partial charge on any atom is -0.463 e. The number of hydrogen-bond donors (Lipinski definition) is 3. The highest BCUT2D eigenvalue weighted by Gasteiger charge is 2.32. The number of aromatic nitrogens is 10. The van der Waals surface area contributed by atoms with Gasteiger partial charge in [-0.15, -0.1) is 0 Å². The molecule has 0 radical (unpaired) electrons. The summed E-state index contributed by atoms with van der Waals surface area (Å²) in [6.45, 7) is 4.93. The fourth-order valence-electron chi connectivity index (χ4n) is 10.7. The van der Waals surface area contributed by atoms with Crippen molar-refractivity contribution in [3.05, 3.63) is 247 Å². The number of alkyl halides is 9. The quantitative estimate of drug-likeness (QED) is 0.0644. The third-order valence-electron chi connectivity index (χ3n) is 16.3. The zero-order chi connectivity index (χ0) is 71.3. The number of fused-ring (bicyclic) bond motifs is 3. The molecule has 27 heteroatoms. The Bertz CT molecular complexity index is 5040. The molecule has 15 rings (SSSR count). The van der Waals surface area contributed by atoms with E-state index in [1.165, 1.54) is 36.4 Å². The van der Waals surface area contributed by atoms with E-state index in [1.807, 2.05) is 97.1 Å². The van der Waals surface area contributed by atoms with Gasteiger partial charge in [0, 0.05) is 124 Å². The molecule has 6 aromatic carbocycles. The molecule has 18 nitrogen and oxygen atoms in total. The summed E-state index contributed by atoms with van der Waals surface area (Å²) in [6, 6.07) is 52.6. The zero-order valence-electron chi connectivity index (χ0n) is 54.5. The maximum absolute atomic E-state index is 12.9. The molecule has 0 atom stereocenters. The van der Waals surface area contributed by atoms with E-state index in [4.69, 9.17) is 18.9 Å². The van der Waals surface area contributed by atoms with Gasteiger partial charge in [0.15, 0.2) is 0 Å². The molecule has 2 fully saturated rings. The van der Waals surface area contributed by atoms with Crippen molar-refractivity contribution in [1.82, 2.24) is 54.7 Å². The number of rotatable bonds is 19. The second kappa shape index (κ2) is 31.3. The molecular weight excluding hydrogens is 1340 g/mol. The number of anilines is 6. The Hall–Kier alpha value is -12.0. The lowest BCUT2D eigenvalue weighted by Gasteiger charge is -2.26. The van der Waals surface area contributed by atoms with Gasteiger partial charge in [-0.3, -0.25) is 24.8 Å². The highest BCUT2D eigenvalue weighted by molar-refractivity contribution is 5.86. The van der Waals surface area contributed by atoms with Crippen LogP contribution in [0.3, 0.4) is 0 Å². The van der Waals surface area contributed by atoms with Gasteiger partial charge in [0.05, 0.1) is 70.1 Å². The van der Waals surface area contributed by atoms with Crippen molar-refractivity contribution in [2.45, 2.75) is 38.0 Å². The van der Waals surface area contributed by atoms with Crippen molar-refractivity contribution in [2.75, 3.05) is 62.0 Å². The maximum atomic E-state index is 12.9. The minimum absolute atomic E-state index is 0.113. The monoisotopic (exact) mass is 1400 g/mol.